The number of hydrogen-bond acceptors (Lipinski definition) is 0. The Morgan fingerprint density at radius 2 is 1.44 bits per heavy atom. The maximum atomic E-state index is 12.3. The molecule has 0 N–H and O–H groups in total. The lowest BCUT2D eigenvalue weighted by atomic mass is 9.78. The molecule has 0 amide bonds. The summed E-state index contributed by atoms with van der Waals surface area (Å²) < 4.78 is 12.3. The van der Waals surface area contributed by atoms with Gasteiger partial charge in [-0.05, 0) is 72.6 Å². The largest absolute Gasteiger partial charge is 0.216 e. The van der Waals surface area contributed by atoms with Crippen molar-refractivity contribution < 1.29 is 4.39 Å². The van der Waals surface area contributed by atoms with Crippen molar-refractivity contribution in [1.29, 1.82) is 0 Å². The third-order valence-corrected chi connectivity index (χ3v) is 6.11. The van der Waals surface area contributed by atoms with Gasteiger partial charge in [0.1, 0.15) is 0 Å². The summed E-state index contributed by atoms with van der Waals surface area (Å²) in [7, 11) is 0. The summed E-state index contributed by atoms with van der Waals surface area (Å²) in [5.74, 6) is 1.07. The number of unbranched alkanes of at least 4 members (excludes halogenated alkanes) is 3. The second kappa shape index (κ2) is 10.4. The minimum absolute atomic E-state index is 0.436. The molecular formula is C26H33F. The Morgan fingerprint density at radius 1 is 0.815 bits per heavy atom. The zero-order valence-electron chi connectivity index (χ0n) is 16.7. The van der Waals surface area contributed by atoms with E-state index in [1.165, 1.54) is 67.2 Å². The number of benzene rings is 2. The van der Waals surface area contributed by atoms with Crippen LogP contribution in [0.25, 0.3) is 11.1 Å². The molecule has 0 bridgehead atoms. The molecule has 2 aromatic rings. The molecule has 0 aliphatic heterocycles. The van der Waals surface area contributed by atoms with E-state index >= 15 is 0 Å². The number of halogens is 1. The van der Waals surface area contributed by atoms with Gasteiger partial charge in [-0.2, -0.15) is 0 Å². The maximum Gasteiger partial charge on any atom is 0.0829 e. The van der Waals surface area contributed by atoms with Gasteiger partial charge >= 0.3 is 0 Å². The van der Waals surface area contributed by atoms with Gasteiger partial charge < -0.3 is 0 Å². The second-order valence-corrected chi connectivity index (χ2v) is 8.06. The molecule has 1 aliphatic rings. The predicted molar refractivity (Wildman–Crippen MR) is 115 cm³/mol. The molecule has 144 valence electrons. The van der Waals surface area contributed by atoms with Crippen molar-refractivity contribution in [2.75, 3.05) is 0 Å². The fraction of sp³-hybridized carbons (Fsp3) is 0.462. The van der Waals surface area contributed by atoms with Crippen LogP contribution >= 0.6 is 0 Å². The summed E-state index contributed by atoms with van der Waals surface area (Å²) in [6, 6.07) is 18.2. The van der Waals surface area contributed by atoms with Crippen LogP contribution in [0.3, 0.4) is 0 Å². The zero-order chi connectivity index (χ0) is 18.9. The third kappa shape index (κ3) is 5.79. The molecule has 1 fully saturated rings. The fourth-order valence-electron chi connectivity index (χ4n) is 4.32. The molecule has 0 heterocycles. The lowest BCUT2D eigenvalue weighted by Gasteiger charge is -2.27. The van der Waals surface area contributed by atoms with E-state index in [1.54, 1.807) is 6.08 Å². The number of hydrogen-bond donors (Lipinski definition) is 0. The normalized spacial score (nSPS) is 20.2. The van der Waals surface area contributed by atoms with Crippen molar-refractivity contribution in [2.45, 2.75) is 70.6 Å². The summed E-state index contributed by atoms with van der Waals surface area (Å²) in [5.41, 5.74) is 5.49. The van der Waals surface area contributed by atoms with E-state index in [2.05, 4.69) is 55.5 Å². The Bertz CT molecular complexity index is 688. The Kier molecular flexibility index (Phi) is 7.68. The summed E-state index contributed by atoms with van der Waals surface area (Å²) in [6.07, 6.45) is 13.5. The van der Waals surface area contributed by atoms with Gasteiger partial charge in [-0.25, -0.2) is 4.39 Å². The van der Waals surface area contributed by atoms with Gasteiger partial charge in [-0.15, -0.1) is 0 Å². The quantitative estimate of drug-likeness (QED) is 0.414. The first kappa shape index (κ1) is 19.9. The topological polar surface area (TPSA) is 0 Å². The number of aryl methyl sites for hydroxylation is 1. The van der Waals surface area contributed by atoms with E-state index < -0.39 is 0 Å². The Balaban J connectivity index is 1.55. The van der Waals surface area contributed by atoms with Crippen LogP contribution in [0.1, 0.15) is 75.3 Å². The van der Waals surface area contributed by atoms with E-state index in [0.29, 0.717) is 11.8 Å². The van der Waals surface area contributed by atoms with Gasteiger partial charge in [-0.3, -0.25) is 0 Å². The van der Waals surface area contributed by atoms with E-state index in [1.807, 2.05) is 0 Å². The van der Waals surface area contributed by atoms with E-state index in [0.717, 1.165) is 19.2 Å². The second-order valence-electron chi connectivity index (χ2n) is 8.06. The van der Waals surface area contributed by atoms with Crippen molar-refractivity contribution in [3.63, 3.8) is 0 Å². The third-order valence-electron chi connectivity index (χ3n) is 6.11. The van der Waals surface area contributed by atoms with Gasteiger partial charge in [0.15, 0.2) is 0 Å². The van der Waals surface area contributed by atoms with E-state index in [4.69, 9.17) is 0 Å². The minimum Gasteiger partial charge on any atom is -0.216 e. The predicted octanol–water partition coefficient (Wildman–Crippen LogP) is 8.23. The molecule has 27 heavy (non-hydrogen) atoms. The Morgan fingerprint density at radius 3 is 2.04 bits per heavy atom. The molecule has 1 heteroatoms. The van der Waals surface area contributed by atoms with Crippen molar-refractivity contribution >= 4 is 0 Å². The highest BCUT2D eigenvalue weighted by atomic mass is 19.1. The van der Waals surface area contributed by atoms with Crippen molar-refractivity contribution in [3.8, 4) is 11.1 Å². The number of rotatable bonds is 8. The van der Waals surface area contributed by atoms with Crippen molar-refractivity contribution in [2.24, 2.45) is 5.92 Å². The molecule has 0 saturated heterocycles. The average Bonchev–Trinajstić information content (AvgIpc) is 2.73. The van der Waals surface area contributed by atoms with Crippen LogP contribution in [0.5, 0.6) is 0 Å². The van der Waals surface area contributed by atoms with Gasteiger partial charge in [0.05, 0.1) is 6.33 Å². The van der Waals surface area contributed by atoms with Crippen molar-refractivity contribution in [1.82, 2.24) is 0 Å². The van der Waals surface area contributed by atoms with E-state index in [-0.39, 0.29) is 0 Å². The monoisotopic (exact) mass is 364 g/mol. The molecule has 0 unspecified atom stereocenters. The van der Waals surface area contributed by atoms with Crippen LogP contribution in [0.2, 0.25) is 0 Å². The van der Waals surface area contributed by atoms with Crippen LogP contribution < -0.4 is 0 Å². The van der Waals surface area contributed by atoms with Crippen LogP contribution in [0.15, 0.2) is 60.9 Å². The first-order chi connectivity index (χ1) is 13.3. The summed E-state index contributed by atoms with van der Waals surface area (Å²) in [5, 5.41) is 0. The van der Waals surface area contributed by atoms with Crippen LogP contribution in [-0.2, 0) is 6.42 Å². The van der Waals surface area contributed by atoms with Crippen LogP contribution in [0.4, 0.5) is 4.39 Å². The summed E-state index contributed by atoms with van der Waals surface area (Å²) in [6.45, 7) is 2.26. The molecule has 0 radical (unpaired) electrons. The molecule has 1 saturated carbocycles. The molecule has 0 spiro atoms. The molecule has 2 aromatic carbocycles. The Hall–Kier alpha value is -1.89. The molecule has 1 aliphatic carbocycles. The van der Waals surface area contributed by atoms with Gasteiger partial charge in [0, 0.05) is 0 Å². The SMILES string of the molecule is CCCCCCc1ccc(-c2ccc(C3CCC(C=CF)CC3)cc2)cc1. The smallest absolute Gasteiger partial charge is 0.0829 e. The highest BCUT2D eigenvalue weighted by Crippen LogP contribution is 2.37. The van der Waals surface area contributed by atoms with E-state index in [9.17, 15) is 4.39 Å². The molecule has 3 rings (SSSR count). The molecule has 0 atom stereocenters. The van der Waals surface area contributed by atoms with Crippen molar-refractivity contribution in [3.05, 3.63) is 72.1 Å². The van der Waals surface area contributed by atoms with Crippen LogP contribution in [0, 0.1) is 5.92 Å². The molecule has 0 nitrogen and oxygen atoms in total. The molecule has 0 aromatic heterocycles. The highest BCUT2D eigenvalue weighted by molar-refractivity contribution is 5.64. The zero-order valence-corrected chi connectivity index (χ0v) is 16.7. The van der Waals surface area contributed by atoms with Gasteiger partial charge in [0.25, 0.3) is 0 Å². The maximum absolute atomic E-state index is 12.3. The lowest BCUT2D eigenvalue weighted by molar-refractivity contribution is 0.373. The lowest BCUT2D eigenvalue weighted by Crippen LogP contribution is -2.11. The molecular weight excluding hydrogens is 331 g/mol. The number of allylic oxidation sites excluding steroid dienone is 1. The van der Waals surface area contributed by atoms with Gasteiger partial charge in [0.2, 0.25) is 0 Å². The summed E-state index contributed by atoms with van der Waals surface area (Å²) in [4.78, 5) is 0. The first-order valence-corrected chi connectivity index (χ1v) is 10.8. The van der Waals surface area contributed by atoms with Gasteiger partial charge in [-0.1, -0.05) is 80.8 Å². The first-order valence-electron chi connectivity index (χ1n) is 10.8. The fourth-order valence-corrected chi connectivity index (χ4v) is 4.32. The highest BCUT2D eigenvalue weighted by Gasteiger charge is 2.20. The summed E-state index contributed by atoms with van der Waals surface area (Å²) >= 11 is 0. The van der Waals surface area contributed by atoms with Crippen LogP contribution in [-0.4, -0.2) is 0 Å². The standard InChI is InChI=1S/C26H33F/c1-2-3-4-5-6-21-7-11-23(12-8-21)25-15-17-26(18-16-25)24-13-9-22(10-14-24)19-20-27/h7-8,11-12,15-20,22,24H,2-6,9-10,13-14H2,1H3. The average molecular weight is 365 g/mol. The minimum atomic E-state index is 0.436. The Labute approximate surface area is 164 Å².